The quantitative estimate of drug-likeness (QED) is 0.0567. The summed E-state index contributed by atoms with van der Waals surface area (Å²) < 4.78 is 11.3. The predicted octanol–water partition coefficient (Wildman–Crippen LogP) is 8.57. The van der Waals surface area contributed by atoms with Gasteiger partial charge in [-0.2, -0.15) is 0 Å². The lowest BCUT2D eigenvalue weighted by Crippen LogP contribution is -2.36. The van der Waals surface area contributed by atoms with E-state index in [9.17, 15) is 4.79 Å². The summed E-state index contributed by atoms with van der Waals surface area (Å²) in [7, 11) is 3.48. The van der Waals surface area contributed by atoms with Crippen LogP contribution in [0.15, 0.2) is 99.5 Å². The molecule has 0 saturated carbocycles. The van der Waals surface area contributed by atoms with Gasteiger partial charge in [0.15, 0.2) is 0 Å². The number of methoxy groups -OCH3 is 1. The lowest BCUT2D eigenvalue weighted by Gasteiger charge is -2.33. The predicted molar refractivity (Wildman–Crippen MR) is 214 cm³/mol. The second kappa shape index (κ2) is 26.1. The van der Waals surface area contributed by atoms with Crippen molar-refractivity contribution in [2.75, 3.05) is 65.4 Å². The number of amides is 1. The van der Waals surface area contributed by atoms with Gasteiger partial charge in [0.25, 0.3) is 0 Å². The Bertz CT molecular complexity index is 1410. The molecule has 10 heteroatoms. The first-order chi connectivity index (χ1) is 24.2. The lowest BCUT2D eigenvalue weighted by molar-refractivity contribution is -0.125. The molecule has 1 aromatic heterocycles. The van der Waals surface area contributed by atoms with Crippen LogP contribution in [0.25, 0.3) is 0 Å². The molecule has 9 nitrogen and oxygen atoms in total. The van der Waals surface area contributed by atoms with Crippen LogP contribution in [-0.4, -0.2) is 91.5 Å². The molecule has 0 atom stereocenters. The number of aliphatic imine (C=N–C) groups is 1. The van der Waals surface area contributed by atoms with E-state index in [1.54, 1.807) is 44.4 Å². The molecular weight excluding hydrogens is 645 g/mol. The van der Waals surface area contributed by atoms with Crippen LogP contribution in [0.2, 0.25) is 0 Å². The normalized spacial score (nSPS) is 14.8. The Morgan fingerprint density at radius 1 is 1.24 bits per heavy atom. The molecule has 0 spiro atoms. The van der Waals surface area contributed by atoms with E-state index < -0.39 is 0 Å². The highest BCUT2D eigenvalue weighted by molar-refractivity contribution is 8.03. The third kappa shape index (κ3) is 15.4. The number of fused-ring (bicyclic) bond motifs is 1. The summed E-state index contributed by atoms with van der Waals surface area (Å²) in [6, 6.07) is 0. The minimum atomic E-state index is 0.0539. The molecule has 0 radical (unpaired) electrons. The van der Waals surface area contributed by atoms with E-state index in [1.807, 2.05) is 56.9 Å². The van der Waals surface area contributed by atoms with E-state index in [2.05, 4.69) is 65.2 Å². The number of aromatic nitrogens is 2. The third-order valence-corrected chi connectivity index (χ3v) is 8.99. The minimum Gasteiger partial charge on any atom is -0.488 e. The van der Waals surface area contributed by atoms with Crippen molar-refractivity contribution >= 4 is 29.2 Å². The maximum atomic E-state index is 13.0. The second-order valence-corrected chi connectivity index (χ2v) is 12.4. The fourth-order valence-corrected chi connectivity index (χ4v) is 6.10. The Kier molecular flexibility index (Phi) is 23.1. The molecule has 0 saturated heterocycles. The molecule has 1 N–H and O–H groups in total. The molecule has 0 fully saturated rings. The van der Waals surface area contributed by atoms with Crippen LogP contribution >= 0.6 is 11.8 Å². The molecule has 0 unspecified atom stereocenters. The number of carbonyl (C=O) groups excluding carboxylic acids is 1. The van der Waals surface area contributed by atoms with Crippen molar-refractivity contribution in [1.29, 1.82) is 0 Å². The van der Waals surface area contributed by atoms with Gasteiger partial charge in [-0.15, -0.1) is 0 Å². The molecule has 0 bridgehead atoms. The Morgan fingerprint density at radius 3 is 2.60 bits per heavy atom. The first-order valence-corrected chi connectivity index (χ1v) is 18.6. The zero-order chi connectivity index (χ0) is 37.3. The molecule has 1 aromatic rings. The fourth-order valence-electron chi connectivity index (χ4n) is 4.94. The fraction of sp³-hybridized carbons (Fsp3) is 0.500. The Labute approximate surface area is 307 Å². The zero-order valence-electron chi connectivity index (χ0n) is 32.2. The van der Waals surface area contributed by atoms with Crippen molar-refractivity contribution < 1.29 is 14.3 Å². The number of hydrogen-bond acceptors (Lipinski definition) is 9. The number of rotatable bonds is 17. The third-order valence-electron chi connectivity index (χ3n) is 7.78. The monoisotopic (exact) mass is 706 g/mol. The molecule has 2 aliphatic rings. The van der Waals surface area contributed by atoms with Crippen molar-refractivity contribution in [3.05, 3.63) is 95.1 Å². The first-order valence-electron chi connectivity index (χ1n) is 17.8. The van der Waals surface area contributed by atoms with Gasteiger partial charge in [0.1, 0.15) is 29.5 Å². The van der Waals surface area contributed by atoms with E-state index in [0.717, 1.165) is 84.5 Å². The van der Waals surface area contributed by atoms with Gasteiger partial charge in [0.05, 0.1) is 13.2 Å². The number of nitrogens with one attached hydrogen (secondary N) is 1. The van der Waals surface area contributed by atoms with Gasteiger partial charge in [-0.05, 0) is 57.4 Å². The average molecular weight is 707 g/mol. The van der Waals surface area contributed by atoms with Crippen molar-refractivity contribution in [3.63, 3.8) is 0 Å². The van der Waals surface area contributed by atoms with Crippen molar-refractivity contribution in [3.8, 4) is 0 Å². The number of allylic oxidation sites excluding steroid dienone is 6. The standard InChI is InChI=1S/C33H48N6O3S.C5H8.C2H6/c1-8-12-29(42-22-25(5)34-6)26(9-2)19-24(4)37-32-28-20-27-14-16-39(21-30(27)43-33(28)36-23-35-32)31(40)13-11-15-38(10-3)17-18-41-7;1-3-5-4-2;1-2/h11-13,19,23H,4,8-10,14-18,20-22H2,1-3,5-7H3,(H,35,36,37);3-5H,1H2,2H3;1-2H3/b13-11+,26-19-,29-12+,34-25?;5-4-;. The summed E-state index contributed by atoms with van der Waals surface area (Å²) in [6.45, 7) is 26.9. The van der Waals surface area contributed by atoms with Crippen LogP contribution in [0.3, 0.4) is 0 Å². The van der Waals surface area contributed by atoms with E-state index in [4.69, 9.17) is 9.47 Å². The van der Waals surface area contributed by atoms with Crippen LogP contribution in [0.4, 0.5) is 5.82 Å². The molecule has 3 rings (SSSR count). The van der Waals surface area contributed by atoms with Crippen molar-refractivity contribution in [2.45, 2.75) is 79.2 Å². The second-order valence-electron chi connectivity index (χ2n) is 11.3. The van der Waals surface area contributed by atoms with Crippen molar-refractivity contribution in [1.82, 2.24) is 19.8 Å². The summed E-state index contributed by atoms with van der Waals surface area (Å²) in [5, 5.41) is 4.36. The first kappa shape index (κ1) is 44.3. The highest BCUT2D eigenvalue weighted by atomic mass is 32.2. The van der Waals surface area contributed by atoms with Gasteiger partial charge in [-0.3, -0.25) is 14.7 Å². The molecule has 1 amide bonds. The van der Waals surface area contributed by atoms with Crippen LogP contribution in [0, 0.1) is 0 Å². The van der Waals surface area contributed by atoms with E-state index in [0.29, 0.717) is 26.3 Å². The number of nitrogens with zero attached hydrogens (tertiary/aromatic N) is 5. The van der Waals surface area contributed by atoms with Crippen LogP contribution < -0.4 is 5.32 Å². The van der Waals surface area contributed by atoms with Gasteiger partial charge in [-0.25, -0.2) is 9.97 Å². The maximum absolute atomic E-state index is 13.0. The van der Waals surface area contributed by atoms with E-state index in [-0.39, 0.29) is 5.91 Å². The molecular formula is C40H62N6O3S. The highest BCUT2D eigenvalue weighted by Gasteiger charge is 2.29. The van der Waals surface area contributed by atoms with Crippen LogP contribution in [0.1, 0.15) is 73.3 Å². The molecule has 276 valence electrons. The number of carbonyl (C=O) groups is 1. The number of hydrogen-bond donors (Lipinski definition) is 1. The minimum absolute atomic E-state index is 0.0539. The van der Waals surface area contributed by atoms with Gasteiger partial charge in [0.2, 0.25) is 5.91 Å². The maximum Gasteiger partial charge on any atom is 0.246 e. The molecule has 50 heavy (non-hydrogen) atoms. The topological polar surface area (TPSA) is 92.2 Å². The van der Waals surface area contributed by atoms with Gasteiger partial charge in [0, 0.05) is 68.2 Å². The Morgan fingerprint density at radius 2 is 2.00 bits per heavy atom. The van der Waals surface area contributed by atoms with Crippen LogP contribution in [-0.2, 0) is 20.7 Å². The number of ether oxygens (including phenoxy) is 2. The largest absolute Gasteiger partial charge is 0.488 e. The molecule has 3 heterocycles. The summed E-state index contributed by atoms with van der Waals surface area (Å²) in [5.41, 5.74) is 5.17. The lowest BCUT2D eigenvalue weighted by atomic mass is 9.99. The summed E-state index contributed by atoms with van der Waals surface area (Å²) in [4.78, 5) is 31.7. The Balaban J connectivity index is 0.00000163. The number of thioether (sulfide) groups is 1. The number of anilines is 1. The van der Waals surface area contributed by atoms with Gasteiger partial charge >= 0.3 is 0 Å². The summed E-state index contributed by atoms with van der Waals surface area (Å²) in [5.74, 6) is 1.68. The Hall–Kier alpha value is -3.73. The SMILES string of the molecule is C=C(/C=C(CC)\C(=C/CC)OCC(C)=NC)Nc1ncnc2c1CC1=C(CN(C(=O)/C=C/CN(CC)CCOC)CC1)S2.C=C/C=C\C.CC. The number of likely N-dealkylation sites (N-methyl/N-ethyl adjacent to an activating group) is 1. The average Bonchev–Trinajstić information content (AvgIpc) is 3.14. The van der Waals surface area contributed by atoms with Gasteiger partial charge < -0.3 is 19.7 Å². The van der Waals surface area contributed by atoms with E-state index in [1.165, 1.54) is 10.5 Å². The van der Waals surface area contributed by atoms with E-state index >= 15 is 0 Å². The summed E-state index contributed by atoms with van der Waals surface area (Å²) >= 11 is 1.65. The highest BCUT2D eigenvalue weighted by Crippen LogP contribution is 2.42. The molecule has 0 aliphatic carbocycles. The molecule has 2 aliphatic heterocycles. The van der Waals surface area contributed by atoms with Crippen molar-refractivity contribution in [2.24, 2.45) is 4.99 Å². The summed E-state index contributed by atoms with van der Waals surface area (Å²) in [6.07, 6.45) is 18.2. The van der Waals surface area contributed by atoms with Crippen LogP contribution in [0.5, 0.6) is 0 Å². The molecule has 0 aromatic carbocycles. The van der Waals surface area contributed by atoms with Gasteiger partial charge in [-0.1, -0.05) is 89.4 Å². The zero-order valence-corrected chi connectivity index (χ0v) is 33.0. The smallest absolute Gasteiger partial charge is 0.246 e.